The molecule has 3 fully saturated rings. The molecule has 4 rings (SSSR count). The Morgan fingerprint density at radius 1 is 1.33 bits per heavy atom. The zero-order chi connectivity index (χ0) is 15.2. The lowest BCUT2D eigenvalue weighted by Gasteiger charge is -2.44. The number of hydrogen-bond acceptors (Lipinski definition) is 4. The molecule has 21 heavy (non-hydrogen) atoms. The summed E-state index contributed by atoms with van der Waals surface area (Å²) in [5.74, 6) is 0.440. The smallest absolute Gasteiger partial charge is 0.240 e. The quantitative estimate of drug-likeness (QED) is 0.826. The molecule has 0 radical (unpaired) electrons. The first kappa shape index (κ1) is 15.1. The number of benzene rings is 1. The summed E-state index contributed by atoms with van der Waals surface area (Å²) < 4.78 is 28.0. The average molecular weight is 330 g/mol. The molecule has 116 valence electrons. The molecule has 3 aliphatic rings. The summed E-state index contributed by atoms with van der Waals surface area (Å²) in [5, 5.41) is 0.414. The summed E-state index contributed by atoms with van der Waals surface area (Å²) >= 11 is 6.00. The Balaban J connectivity index is 1.84. The molecule has 2 bridgehead atoms. The van der Waals surface area contributed by atoms with E-state index >= 15 is 0 Å². The Morgan fingerprint density at radius 2 is 2.00 bits per heavy atom. The zero-order valence-electron chi connectivity index (χ0n) is 12.0. The molecule has 0 amide bonds. The number of halogens is 1. The van der Waals surface area contributed by atoms with Crippen molar-refractivity contribution >= 4 is 27.3 Å². The molecule has 0 saturated carbocycles. The Kier molecular flexibility index (Phi) is 3.90. The third-order valence-electron chi connectivity index (χ3n) is 4.53. The van der Waals surface area contributed by atoms with E-state index in [4.69, 9.17) is 17.3 Å². The topological polar surface area (TPSA) is 75.4 Å². The van der Waals surface area contributed by atoms with E-state index in [0.29, 0.717) is 22.2 Å². The van der Waals surface area contributed by atoms with Gasteiger partial charge >= 0.3 is 0 Å². The van der Waals surface area contributed by atoms with E-state index in [9.17, 15) is 8.42 Å². The van der Waals surface area contributed by atoms with Gasteiger partial charge in [0.2, 0.25) is 10.0 Å². The number of nitrogen functional groups attached to an aromatic ring is 1. The standard InChI is InChI=1S/C14H20ClN3O2S/c1-9-6-11(7-12(16)14(9)15)21(19,20)17-13-8-18-4-2-10(13)3-5-18/h6-7,10,13,17H,2-5,8,16H2,1H3. The summed E-state index contributed by atoms with van der Waals surface area (Å²) in [7, 11) is -3.56. The van der Waals surface area contributed by atoms with Gasteiger partial charge in [0, 0.05) is 12.6 Å². The summed E-state index contributed by atoms with van der Waals surface area (Å²) in [4.78, 5) is 2.51. The predicted octanol–water partition coefficient (Wildman–Crippen LogP) is 1.60. The fourth-order valence-corrected chi connectivity index (χ4v) is 4.81. The minimum Gasteiger partial charge on any atom is -0.397 e. The van der Waals surface area contributed by atoms with Crippen molar-refractivity contribution < 1.29 is 8.42 Å². The summed E-state index contributed by atoms with van der Waals surface area (Å²) in [6.45, 7) is 4.71. The second-order valence-corrected chi connectivity index (χ2v) is 8.10. The van der Waals surface area contributed by atoms with Crippen LogP contribution in [0.4, 0.5) is 5.69 Å². The van der Waals surface area contributed by atoms with E-state index in [2.05, 4.69) is 9.62 Å². The minimum absolute atomic E-state index is 0.00490. The largest absolute Gasteiger partial charge is 0.397 e. The lowest BCUT2D eigenvalue weighted by atomic mass is 9.85. The maximum absolute atomic E-state index is 12.6. The van der Waals surface area contributed by atoms with Gasteiger partial charge < -0.3 is 10.6 Å². The number of fused-ring (bicyclic) bond motifs is 3. The predicted molar refractivity (Wildman–Crippen MR) is 83.9 cm³/mol. The van der Waals surface area contributed by atoms with E-state index in [0.717, 1.165) is 32.5 Å². The van der Waals surface area contributed by atoms with Gasteiger partial charge in [-0.25, -0.2) is 13.1 Å². The van der Waals surface area contributed by atoms with Crippen molar-refractivity contribution in [2.75, 3.05) is 25.4 Å². The van der Waals surface area contributed by atoms with Crippen molar-refractivity contribution in [1.82, 2.24) is 9.62 Å². The lowest BCUT2D eigenvalue weighted by Crippen LogP contribution is -2.57. The third kappa shape index (κ3) is 2.90. The highest BCUT2D eigenvalue weighted by Crippen LogP contribution is 2.30. The van der Waals surface area contributed by atoms with Crippen LogP contribution in [0.25, 0.3) is 0 Å². The van der Waals surface area contributed by atoms with Crippen LogP contribution in [0.5, 0.6) is 0 Å². The molecule has 0 spiro atoms. The Morgan fingerprint density at radius 3 is 2.52 bits per heavy atom. The van der Waals surface area contributed by atoms with Crippen molar-refractivity contribution in [1.29, 1.82) is 0 Å². The van der Waals surface area contributed by atoms with Gasteiger partial charge in [-0.3, -0.25) is 0 Å². The van der Waals surface area contributed by atoms with E-state index in [1.807, 2.05) is 0 Å². The van der Waals surface area contributed by atoms with E-state index < -0.39 is 10.0 Å². The molecule has 7 heteroatoms. The Labute approximate surface area is 130 Å². The Hall–Kier alpha value is -0.820. The molecule has 0 aromatic heterocycles. The van der Waals surface area contributed by atoms with Gasteiger partial charge in [0.1, 0.15) is 0 Å². The molecule has 3 N–H and O–H groups in total. The second-order valence-electron chi connectivity index (χ2n) is 6.01. The van der Waals surface area contributed by atoms with Crippen molar-refractivity contribution in [2.45, 2.75) is 30.7 Å². The molecule has 1 unspecified atom stereocenters. The summed E-state index contributed by atoms with van der Waals surface area (Å²) in [6.07, 6.45) is 2.13. The summed E-state index contributed by atoms with van der Waals surface area (Å²) in [5.41, 5.74) is 6.75. The van der Waals surface area contributed by atoms with Crippen LogP contribution in [0.1, 0.15) is 18.4 Å². The minimum atomic E-state index is -3.56. The molecule has 0 aliphatic carbocycles. The van der Waals surface area contributed by atoms with Crippen LogP contribution in [0, 0.1) is 12.8 Å². The maximum atomic E-state index is 12.6. The number of sulfonamides is 1. The number of nitrogens with two attached hydrogens (primary N) is 1. The molecule has 1 atom stereocenters. The van der Waals surface area contributed by atoms with Crippen LogP contribution in [0.2, 0.25) is 5.02 Å². The fraction of sp³-hybridized carbons (Fsp3) is 0.571. The highest BCUT2D eigenvalue weighted by atomic mass is 35.5. The van der Waals surface area contributed by atoms with Crippen molar-refractivity contribution in [3.63, 3.8) is 0 Å². The highest BCUT2D eigenvalue weighted by Gasteiger charge is 2.36. The van der Waals surface area contributed by atoms with Crippen LogP contribution in [0.3, 0.4) is 0 Å². The summed E-state index contributed by atoms with van der Waals surface area (Å²) in [6, 6.07) is 3.00. The monoisotopic (exact) mass is 329 g/mol. The SMILES string of the molecule is Cc1cc(S(=O)(=O)NC2CN3CCC2CC3)cc(N)c1Cl. The molecule has 1 aromatic rings. The van der Waals surface area contributed by atoms with Gasteiger partial charge in [-0.15, -0.1) is 0 Å². The van der Waals surface area contributed by atoms with Gasteiger partial charge in [0.25, 0.3) is 0 Å². The fourth-order valence-electron chi connectivity index (χ4n) is 3.28. The molecular weight excluding hydrogens is 310 g/mol. The Bertz CT molecular complexity index is 631. The molecule has 3 heterocycles. The van der Waals surface area contributed by atoms with Gasteiger partial charge in [0.15, 0.2) is 0 Å². The molecule has 3 aliphatic heterocycles. The van der Waals surface area contributed by atoms with Crippen molar-refractivity contribution in [2.24, 2.45) is 5.92 Å². The first-order valence-corrected chi connectivity index (χ1v) is 9.03. The molecule has 3 saturated heterocycles. The van der Waals surface area contributed by atoms with E-state index in [1.165, 1.54) is 6.07 Å². The number of aryl methyl sites for hydroxylation is 1. The van der Waals surface area contributed by atoms with E-state index in [-0.39, 0.29) is 10.9 Å². The van der Waals surface area contributed by atoms with Gasteiger partial charge in [-0.2, -0.15) is 0 Å². The van der Waals surface area contributed by atoms with Gasteiger partial charge in [0.05, 0.1) is 15.6 Å². The number of nitrogens with zero attached hydrogens (tertiary/aromatic N) is 1. The van der Waals surface area contributed by atoms with E-state index in [1.54, 1.807) is 13.0 Å². The third-order valence-corrected chi connectivity index (χ3v) is 6.51. The highest BCUT2D eigenvalue weighted by molar-refractivity contribution is 7.89. The molecule has 5 nitrogen and oxygen atoms in total. The number of rotatable bonds is 3. The molecule has 1 aromatic carbocycles. The number of piperidine rings is 3. The normalized spacial score (nSPS) is 28.8. The van der Waals surface area contributed by atoms with Crippen LogP contribution < -0.4 is 10.5 Å². The first-order valence-electron chi connectivity index (χ1n) is 7.17. The van der Waals surface area contributed by atoms with Crippen molar-refractivity contribution in [3.05, 3.63) is 22.7 Å². The van der Waals surface area contributed by atoms with Crippen molar-refractivity contribution in [3.8, 4) is 0 Å². The van der Waals surface area contributed by atoms with Crippen LogP contribution >= 0.6 is 11.6 Å². The first-order chi connectivity index (χ1) is 9.87. The number of hydrogen-bond donors (Lipinski definition) is 2. The van der Waals surface area contributed by atoms with Crippen LogP contribution in [0.15, 0.2) is 17.0 Å². The maximum Gasteiger partial charge on any atom is 0.240 e. The lowest BCUT2D eigenvalue weighted by molar-refractivity contribution is 0.0827. The number of nitrogens with one attached hydrogen (secondary N) is 1. The second kappa shape index (κ2) is 5.43. The van der Waals surface area contributed by atoms with Gasteiger partial charge in [-0.05, 0) is 56.5 Å². The molecular formula is C14H20ClN3O2S. The number of anilines is 1. The van der Waals surface area contributed by atoms with Crippen LogP contribution in [-0.4, -0.2) is 39.0 Å². The zero-order valence-corrected chi connectivity index (χ0v) is 13.5. The van der Waals surface area contributed by atoms with Crippen LogP contribution in [-0.2, 0) is 10.0 Å². The van der Waals surface area contributed by atoms with Gasteiger partial charge in [-0.1, -0.05) is 11.6 Å². The average Bonchev–Trinajstić information content (AvgIpc) is 2.45.